The fraction of sp³-hybridized carbons (Fsp3) is 0.333. The van der Waals surface area contributed by atoms with E-state index in [4.69, 9.17) is 11.6 Å². The van der Waals surface area contributed by atoms with Gasteiger partial charge in [0.15, 0.2) is 0 Å². The Labute approximate surface area is 124 Å². The molecule has 4 nitrogen and oxygen atoms in total. The van der Waals surface area contributed by atoms with E-state index in [2.05, 4.69) is 27.5 Å². The van der Waals surface area contributed by atoms with Gasteiger partial charge in [0.1, 0.15) is 18.0 Å². The van der Waals surface area contributed by atoms with E-state index >= 15 is 0 Å². The van der Waals surface area contributed by atoms with Crippen molar-refractivity contribution in [1.29, 1.82) is 0 Å². The molecule has 0 aliphatic heterocycles. The highest BCUT2D eigenvalue weighted by atomic mass is 35.5. The number of nitrogens with zero attached hydrogens (tertiary/aromatic N) is 2. The van der Waals surface area contributed by atoms with Gasteiger partial charge in [-0.2, -0.15) is 0 Å². The van der Waals surface area contributed by atoms with Crippen molar-refractivity contribution < 1.29 is 0 Å². The number of nitrogens with one attached hydrogen (secondary N) is 2. The third-order valence-electron chi connectivity index (χ3n) is 3.12. The van der Waals surface area contributed by atoms with Gasteiger partial charge >= 0.3 is 0 Å². The standard InChI is InChI=1S/C15H19ClN4/c1-4-5-12-14(17-3)18-9-19-15(12)20-11-7-6-10(2)13(16)8-11/h6-9H,4-5H2,1-3H3,(H2,17,18,19,20). The SMILES string of the molecule is CCCc1c(NC)ncnc1Nc1ccc(C)c(Cl)c1. The van der Waals surface area contributed by atoms with Crippen LogP contribution in [0.3, 0.4) is 0 Å². The van der Waals surface area contributed by atoms with Crippen LogP contribution in [0, 0.1) is 6.92 Å². The summed E-state index contributed by atoms with van der Waals surface area (Å²) in [7, 11) is 1.87. The monoisotopic (exact) mass is 290 g/mol. The molecule has 0 bridgehead atoms. The van der Waals surface area contributed by atoms with Gasteiger partial charge in [-0.05, 0) is 31.0 Å². The first kappa shape index (κ1) is 14.6. The zero-order valence-corrected chi connectivity index (χ0v) is 12.8. The molecule has 0 radical (unpaired) electrons. The predicted molar refractivity (Wildman–Crippen MR) is 85.0 cm³/mol. The Balaban J connectivity index is 2.34. The molecule has 1 aromatic carbocycles. The Morgan fingerprint density at radius 2 is 1.95 bits per heavy atom. The largest absolute Gasteiger partial charge is 0.373 e. The number of aromatic nitrogens is 2. The smallest absolute Gasteiger partial charge is 0.139 e. The lowest BCUT2D eigenvalue weighted by Crippen LogP contribution is -2.05. The van der Waals surface area contributed by atoms with Crippen LogP contribution in [0.4, 0.5) is 17.3 Å². The average Bonchev–Trinajstić information content (AvgIpc) is 2.45. The highest BCUT2D eigenvalue weighted by Gasteiger charge is 2.10. The molecule has 1 aromatic heterocycles. The Morgan fingerprint density at radius 1 is 1.20 bits per heavy atom. The van der Waals surface area contributed by atoms with Gasteiger partial charge in [0.25, 0.3) is 0 Å². The Hall–Kier alpha value is -1.81. The maximum absolute atomic E-state index is 6.15. The fourth-order valence-electron chi connectivity index (χ4n) is 2.03. The molecular formula is C15H19ClN4. The van der Waals surface area contributed by atoms with E-state index < -0.39 is 0 Å². The summed E-state index contributed by atoms with van der Waals surface area (Å²) in [6, 6.07) is 5.90. The number of hydrogen-bond acceptors (Lipinski definition) is 4. The van der Waals surface area contributed by atoms with Crippen molar-refractivity contribution in [3.8, 4) is 0 Å². The first-order valence-corrected chi connectivity index (χ1v) is 7.08. The van der Waals surface area contributed by atoms with Crippen LogP contribution < -0.4 is 10.6 Å². The molecule has 0 atom stereocenters. The number of anilines is 3. The first-order valence-electron chi connectivity index (χ1n) is 6.70. The number of hydrogen-bond donors (Lipinski definition) is 2. The van der Waals surface area contributed by atoms with Crippen LogP contribution in [0.5, 0.6) is 0 Å². The maximum atomic E-state index is 6.15. The summed E-state index contributed by atoms with van der Waals surface area (Å²) >= 11 is 6.15. The lowest BCUT2D eigenvalue weighted by atomic mass is 10.1. The summed E-state index contributed by atoms with van der Waals surface area (Å²) in [4.78, 5) is 8.61. The molecule has 0 spiro atoms. The van der Waals surface area contributed by atoms with Crippen LogP contribution in [0.2, 0.25) is 5.02 Å². The van der Waals surface area contributed by atoms with Gasteiger partial charge in [-0.1, -0.05) is 31.0 Å². The van der Waals surface area contributed by atoms with Gasteiger partial charge in [0.05, 0.1) is 0 Å². The minimum Gasteiger partial charge on any atom is -0.373 e. The second-order valence-corrected chi connectivity index (χ2v) is 5.05. The van der Waals surface area contributed by atoms with Crippen LogP contribution in [-0.4, -0.2) is 17.0 Å². The topological polar surface area (TPSA) is 49.8 Å². The third kappa shape index (κ3) is 3.20. The van der Waals surface area contributed by atoms with E-state index in [1.165, 1.54) is 0 Å². The fourth-order valence-corrected chi connectivity index (χ4v) is 2.21. The Morgan fingerprint density at radius 3 is 2.60 bits per heavy atom. The van der Waals surface area contributed by atoms with Crippen molar-refractivity contribution in [3.63, 3.8) is 0 Å². The van der Waals surface area contributed by atoms with Gasteiger partial charge < -0.3 is 10.6 Å². The van der Waals surface area contributed by atoms with E-state index in [1.807, 2.05) is 32.2 Å². The third-order valence-corrected chi connectivity index (χ3v) is 3.52. The summed E-state index contributed by atoms with van der Waals surface area (Å²) < 4.78 is 0. The van der Waals surface area contributed by atoms with E-state index in [1.54, 1.807) is 6.33 Å². The summed E-state index contributed by atoms with van der Waals surface area (Å²) in [6.45, 7) is 4.12. The van der Waals surface area contributed by atoms with Gasteiger partial charge in [-0.25, -0.2) is 9.97 Å². The van der Waals surface area contributed by atoms with Crippen molar-refractivity contribution in [2.75, 3.05) is 17.7 Å². The van der Waals surface area contributed by atoms with Crippen molar-refractivity contribution >= 4 is 28.9 Å². The van der Waals surface area contributed by atoms with Gasteiger partial charge in [0.2, 0.25) is 0 Å². The van der Waals surface area contributed by atoms with Crippen molar-refractivity contribution in [3.05, 3.63) is 40.7 Å². The molecule has 0 aliphatic carbocycles. The van der Waals surface area contributed by atoms with E-state index in [0.717, 1.165) is 46.3 Å². The minimum absolute atomic E-state index is 0.745. The lowest BCUT2D eigenvalue weighted by molar-refractivity contribution is 0.905. The minimum atomic E-state index is 0.745. The molecule has 2 rings (SSSR count). The molecule has 0 unspecified atom stereocenters. The Kier molecular flexibility index (Phi) is 4.79. The van der Waals surface area contributed by atoms with Crippen LogP contribution >= 0.6 is 11.6 Å². The second-order valence-electron chi connectivity index (χ2n) is 4.64. The first-order chi connectivity index (χ1) is 9.65. The summed E-state index contributed by atoms with van der Waals surface area (Å²) in [5.74, 6) is 1.69. The maximum Gasteiger partial charge on any atom is 0.139 e. The zero-order valence-electron chi connectivity index (χ0n) is 12.0. The lowest BCUT2D eigenvalue weighted by Gasteiger charge is -2.14. The predicted octanol–water partition coefficient (Wildman–Crippen LogP) is 4.18. The van der Waals surface area contributed by atoms with Gasteiger partial charge in [0, 0.05) is 23.3 Å². The number of halogens is 1. The molecule has 0 aliphatic rings. The highest BCUT2D eigenvalue weighted by molar-refractivity contribution is 6.31. The number of benzene rings is 1. The molecule has 5 heteroatoms. The highest BCUT2D eigenvalue weighted by Crippen LogP contribution is 2.27. The summed E-state index contributed by atoms with van der Waals surface area (Å²) in [6.07, 6.45) is 3.51. The van der Waals surface area contributed by atoms with Crippen LogP contribution in [0.25, 0.3) is 0 Å². The van der Waals surface area contributed by atoms with Crippen molar-refractivity contribution in [1.82, 2.24) is 9.97 Å². The second kappa shape index (κ2) is 6.57. The number of rotatable bonds is 5. The molecule has 0 fully saturated rings. The molecule has 2 aromatic rings. The summed E-state index contributed by atoms with van der Waals surface area (Å²) in [5.41, 5.74) is 3.08. The summed E-state index contributed by atoms with van der Waals surface area (Å²) in [5, 5.41) is 7.18. The zero-order chi connectivity index (χ0) is 14.5. The van der Waals surface area contributed by atoms with Gasteiger partial charge in [-0.15, -0.1) is 0 Å². The molecule has 0 saturated heterocycles. The quantitative estimate of drug-likeness (QED) is 0.867. The van der Waals surface area contributed by atoms with E-state index in [0.29, 0.717) is 0 Å². The molecule has 0 saturated carbocycles. The normalized spacial score (nSPS) is 10.4. The van der Waals surface area contributed by atoms with E-state index in [-0.39, 0.29) is 0 Å². The van der Waals surface area contributed by atoms with Crippen molar-refractivity contribution in [2.24, 2.45) is 0 Å². The molecular weight excluding hydrogens is 272 g/mol. The average molecular weight is 291 g/mol. The van der Waals surface area contributed by atoms with Gasteiger partial charge in [-0.3, -0.25) is 0 Å². The molecule has 20 heavy (non-hydrogen) atoms. The Bertz CT molecular complexity index is 598. The number of aryl methyl sites for hydroxylation is 1. The molecule has 0 amide bonds. The van der Waals surface area contributed by atoms with Crippen LogP contribution in [0.15, 0.2) is 24.5 Å². The van der Waals surface area contributed by atoms with Crippen molar-refractivity contribution in [2.45, 2.75) is 26.7 Å². The van der Waals surface area contributed by atoms with Crippen LogP contribution in [-0.2, 0) is 6.42 Å². The molecule has 2 N–H and O–H groups in total. The van der Waals surface area contributed by atoms with Crippen LogP contribution in [0.1, 0.15) is 24.5 Å². The molecule has 106 valence electrons. The van der Waals surface area contributed by atoms with E-state index in [9.17, 15) is 0 Å². The molecule has 1 heterocycles.